The Morgan fingerprint density at radius 3 is 1.69 bits per heavy atom. The Hall–Kier alpha value is -6.34. The maximum atomic E-state index is 13.2. The van der Waals surface area contributed by atoms with Crippen molar-refractivity contribution >= 4 is 63.7 Å². The highest BCUT2D eigenvalue weighted by Crippen LogP contribution is 2.36. The van der Waals surface area contributed by atoms with Gasteiger partial charge in [0.05, 0.1) is 150 Å². The van der Waals surface area contributed by atoms with E-state index in [-0.39, 0.29) is 48.0 Å². The number of morpholine rings is 1. The van der Waals surface area contributed by atoms with Crippen LogP contribution >= 0.6 is 11.8 Å². The number of hydrogen-bond acceptors (Lipinski definition) is 22. The molecule has 3 aliphatic rings. The second-order valence-corrected chi connectivity index (χ2v) is 25.4. The van der Waals surface area contributed by atoms with E-state index < -0.39 is 0 Å². The number of anilines is 2. The van der Waals surface area contributed by atoms with E-state index in [1.807, 2.05) is 72.4 Å². The van der Waals surface area contributed by atoms with Gasteiger partial charge < -0.3 is 89.3 Å². The summed E-state index contributed by atoms with van der Waals surface area (Å²) in [4.78, 5) is 72.7. The molecule has 0 radical (unpaired) electrons. The first-order valence-corrected chi connectivity index (χ1v) is 36.3. The summed E-state index contributed by atoms with van der Waals surface area (Å²) in [7, 11) is 1.63. The maximum Gasteiger partial charge on any atom is 0.315 e. The van der Waals surface area contributed by atoms with Crippen LogP contribution in [0.1, 0.15) is 105 Å². The molecule has 0 unspecified atom stereocenters. The van der Waals surface area contributed by atoms with Gasteiger partial charge in [0, 0.05) is 112 Å². The third-order valence-electron chi connectivity index (χ3n) is 16.6. The zero-order valence-corrected chi connectivity index (χ0v) is 58.4. The van der Waals surface area contributed by atoms with Crippen molar-refractivity contribution in [2.75, 3.05) is 190 Å². The average molecular weight is 1390 g/mol. The van der Waals surface area contributed by atoms with Crippen molar-refractivity contribution in [2.45, 2.75) is 114 Å². The summed E-state index contributed by atoms with van der Waals surface area (Å²) >= 11 is 1.90. The molecule has 4 aromatic rings. The molecular weight excluding hydrogens is 1280 g/mol. The normalized spacial score (nSPS) is 16.0. The van der Waals surface area contributed by atoms with Crippen LogP contribution in [0, 0.1) is 0 Å². The second kappa shape index (κ2) is 49.2. The van der Waals surface area contributed by atoms with Gasteiger partial charge in [-0.2, -0.15) is 11.8 Å². The Kier molecular flexibility index (Phi) is 39.7. The quantitative estimate of drug-likeness (QED) is 0.0144. The number of urea groups is 1. The number of unbranched alkanes of at least 4 members (excludes halogenated alkanes) is 5. The zero-order valence-electron chi connectivity index (χ0n) is 57.6. The summed E-state index contributed by atoms with van der Waals surface area (Å²) in [5.74, 6) is 2.99. The highest BCUT2D eigenvalue weighted by Gasteiger charge is 2.42. The fourth-order valence-corrected chi connectivity index (χ4v) is 12.7. The Bertz CT molecular complexity index is 2880. The molecule has 27 heteroatoms. The van der Waals surface area contributed by atoms with E-state index >= 15 is 0 Å². The first-order chi connectivity index (χ1) is 48.2. The zero-order chi connectivity index (χ0) is 68.7. The Morgan fingerprint density at radius 1 is 0.571 bits per heavy atom. The molecule has 0 aliphatic carbocycles. The molecule has 3 atom stereocenters. The highest BCUT2D eigenvalue weighted by molar-refractivity contribution is 8.00. The molecule has 7 rings (SSSR count). The number of ketones is 1. The predicted molar refractivity (Wildman–Crippen MR) is 376 cm³/mol. The van der Waals surface area contributed by atoms with Crippen LogP contribution in [-0.4, -0.2) is 246 Å². The van der Waals surface area contributed by atoms with E-state index in [4.69, 9.17) is 52.1 Å². The van der Waals surface area contributed by atoms with Crippen molar-refractivity contribution in [3.05, 3.63) is 83.7 Å². The van der Waals surface area contributed by atoms with Gasteiger partial charge in [-0.05, 0) is 74.3 Å². The molecule has 544 valence electrons. The van der Waals surface area contributed by atoms with E-state index in [1.54, 1.807) is 7.11 Å². The summed E-state index contributed by atoms with van der Waals surface area (Å²) in [6, 6.07) is 19.7. The maximum absolute atomic E-state index is 13.2. The molecular formula is C71H108N10O16S. The number of nitrogens with one attached hydrogen (secondary N) is 7. The summed E-state index contributed by atoms with van der Waals surface area (Å²) in [5, 5.41) is 22.8. The first-order valence-electron chi connectivity index (χ1n) is 35.3. The number of amides is 5. The third kappa shape index (κ3) is 32.8. The number of fused-ring (bicyclic) bond motifs is 2. The Labute approximate surface area is 582 Å². The molecule has 0 bridgehead atoms. The van der Waals surface area contributed by atoms with E-state index in [9.17, 15) is 24.0 Å². The topological polar surface area (TPSA) is 300 Å². The van der Waals surface area contributed by atoms with Crippen molar-refractivity contribution in [1.82, 2.24) is 46.8 Å². The lowest BCUT2D eigenvalue weighted by Gasteiger charge is -2.26. The molecule has 4 heterocycles. The van der Waals surface area contributed by atoms with Crippen LogP contribution in [0.5, 0.6) is 11.5 Å². The summed E-state index contributed by atoms with van der Waals surface area (Å²) in [5.41, 5.74) is 4.22. The first kappa shape index (κ1) is 79.0. The lowest BCUT2D eigenvalue weighted by molar-refractivity contribution is -0.122. The van der Waals surface area contributed by atoms with Crippen molar-refractivity contribution in [3.63, 3.8) is 0 Å². The number of benzene rings is 3. The molecule has 3 aromatic carbocycles. The Balaban J connectivity index is 0.547. The summed E-state index contributed by atoms with van der Waals surface area (Å²) in [6.45, 7) is 15.4. The van der Waals surface area contributed by atoms with Crippen LogP contribution in [0.25, 0.3) is 10.9 Å². The Morgan fingerprint density at radius 2 is 1.11 bits per heavy atom. The SMILES string of the molecule is COc1cc2c(Nc3ccc(CC(=O)c4ccc(CNCCOCCOCCOCCOCCOCCOCCOCCOCCNC(=O)CCCCCNC(=O)CCCCCNC(=O)CCCC[C@@H]5SC[C@@H]6NC(=O)N[C@@H]65)cc4)cc3)ncnc2cc1OCCCN1CCOCC1. The van der Waals surface area contributed by atoms with Crippen molar-refractivity contribution < 1.29 is 76.1 Å². The van der Waals surface area contributed by atoms with Gasteiger partial charge in [0.1, 0.15) is 12.1 Å². The van der Waals surface area contributed by atoms with Gasteiger partial charge in [-0.25, -0.2) is 14.8 Å². The molecule has 3 aliphatic heterocycles. The number of nitrogens with zero attached hydrogens (tertiary/aromatic N) is 3. The van der Waals surface area contributed by atoms with E-state index in [1.165, 1.54) is 6.33 Å². The molecule has 1 aromatic heterocycles. The largest absolute Gasteiger partial charge is 0.493 e. The molecule has 7 N–H and O–H groups in total. The van der Waals surface area contributed by atoms with E-state index in [0.717, 1.165) is 131 Å². The highest BCUT2D eigenvalue weighted by atomic mass is 32.2. The number of Topliss-reactive ketones (excluding diaryl/α,β-unsaturated/α-hetero) is 1. The number of methoxy groups -OCH3 is 1. The van der Waals surface area contributed by atoms with Crippen LogP contribution < -0.4 is 46.7 Å². The fourth-order valence-electron chi connectivity index (χ4n) is 11.1. The smallest absolute Gasteiger partial charge is 0.315 e. The second-order valence-electron chi connectivity index (χ2n) is 24.1. The molecule has 3 saturated heterocycles. The summed E-state index contributed by atoms with van der Waals surface area (Å²) in [6.07, 6.45) is 11.9. The molecule has 98 heavy (non-hydrogen) atoms. The minimum Gasteiger partial charge on any atom is -0.493 e. The number of carbonyl (C=O) groups excluding carboxylic acids is 5. The van der Waals surface area contributed by atoms with Crippen LogP contribution in [-0.2, 0) is 70.0 Å². The standard InChI is InChI=1S/C71H108N10O16S/c1-87-63-50-59-60(51-64(63)97-30-10-27-81-28-33-90-34-29-81)76-54-77-70(59)78-58-21-17-55(18-22-58)49-62(82)57-19-15-56(16-20-57)52-72-25-31-88-35-37-91-39-41-93-43-45-95-47-48-96-46-44-94-42-40-92-38-36-89-32-26-75-68(85)13-5-3-9-23-73-66(83)12-4-2-8-24-74-67(84)14-7-6-11-65-69-61(53-98-65)79-71(86)80-69/h15-22,50-51,54,61,65,69,72H,2-14,23-49,52-53H2,1H3,(H,73,83)(H,74,84)(H,75,85)(H,76,77,78)(H2,79,80,86)/t61-,65-,69-/m0/s1. The van der Waals surface area contributed by atoms with Crippen molar-refractivity contribution in [3.8, 4) is 11.5 Å². The van der Waals surface area contributed by atoms with Gasteiger partial charge in [0.2, 0.25) is 17.7 Å². The third-order valence-corrected chi connectivity index (χ3v) is 18.1. The number of hydrogen-bond donors (Lipinski definition) is 7. The molecule has 5 amide bonds. The number of thioether (sulfide) groups is 1. The number of rotatable bonds is 57. The summed E-state index contributed by atoms with van der Waals surface area (Å²) < 4.78 is 61.9. The van der Waals surface area contributed by atoms with Crippen molar-refractivity contribution in [1.29, 1.82) is 0 Å². The monoisotopic (exact) mass is 1390 g/mol. The van der Waals surface area contributed by atoms with Gasteiger partial charge in [-0.15, -0.1) is 0 Å². The van der Waals surface area contributed by atoms with Gasteiger partial charge in [0.15, 0.2) is 17.3 Å². The minimum absolute atomic E-state index is 0.0101. The van der Waals surface area contributed by atoms with Gasteiger partial charge >= 0.3 is 6.03 Å². The van der Waals surface area contributed by atoms with Gasteiger partial charge in [0.25, 0.3) is 0 Å². The molecule has 3 fully saturated rings. The predicted octanol–water partition coefficient (Wildman–Crippen LogP) is 6.33. The fraction of sp³-hybridized carbons (Fsp3) is 0.648. The molecule has 0 saturated carbocycles. The van der Waals surface area contributed by atoms with Crippen molar-refractivity contribution in [2.24, 2.45) is 0 Å². The minimum atomic E-state index is -0.0677. The van der Waals surface area contributed by atoms with E-state index in [2.05, 4.69) is 52.1 Å². The number of aromatic nitrogens is 2. The van der Waals surface area contributed by atoms with Crippen LogP contribution in [0.2, 0.25) is 0 Å². The molecule has 0 spiro atoms. The van der Waals surface area contributed by atoms with Crippen LogP contribution in [0.3, 0.4) is 0 Å². The van der Waals surface area contributed by atoms with E-state index in [0.29, 0.717) is 192 Å². The average Bonchev–Trinajstić information content (AvgIpc) is 0.943. The lowest BCUT2D eigenvalue weighted by Crippen LogP contribution is -2.37. The van der Waals surface area contributed by atoms with Gasteiger partial charge in [-0.3, -0.25) is 24.1 Å². The van der Waals surface area contributed by atoms with Gasteiger partial charge in [-0.1, -0.05) is 55.7 Å². The van der Waals surface area contributed by atoms with Crippen LogP contribution in [0.4, 0.5) is 16.3 Å². The van der Waals surface area contributed by atoms with Crippen LogP contribution in [0.15, 0.2) is 67.0 Å². The lowest BCUT2D eigenvalue weighted by atomic mass is 10.0. The molecule has 26 nitrogen and oxygen atoms in total. The number of ether oxygens (including phenoxy) is 11. The number of carbonyl (C=O) groups is 5.